The molecule has 200 valence electrons. The fraction of sp³-hybridized carbons (Fsp3) is 0.500. The first kappa shape index (κ1) is 25.7. The summed E-state index contributed by atoms with van der Waals surface area (Å²) in [6.45, 7) is 6.99. The van der Waals surface area contributed by atoms with Crippen LogP contribution in [0.2, 0.25) is 5.02 Å². The van der Waals surface area contributed by atoms with Gasteiger partial charge in [0.1, 0.15) is 5.82 Å². The van der Waals surface area contributed by atoms with Gasteiger partial charge in [-0.3, -0.25) is 14.7 Å². The number of pyridine rings is 2. The third-order valence-corrected chi connectivity index (χ3v) is 9.43. The lowest BCUT2D eigenvalue weighted by Crippen LogP contribution is -2.56. The maximum Gasteiger partial charge on any atom is 0.229 e. The number of aliphatic hydroxyl groups excluding tert-OH is 1. The number of benzene rings is 1. The number of nitrogens with zero attached hydrogens (tertiary/aromatic N) is 3. The lowest BCUT2D eigenvalue weighted by atomic mass is 9.85. The highest BCUT2D eigenvalue weighted by molar-refractivity contribution is 6.32. The topological polar surface area (TPSA) is 87.6 Å². The van der Waals surface area contributed by atoms with E-state index in [9.17, 15) is 9.90 Å². The van der Waals surface area contributed by atoms with Gasteiger partial charge in [0.15, 0.2) is 0 Å². The lowest BCUT2D eigenvalue weighted by molar-refractivity contribution is -0.117. The molecule has 0 spiro atoms. The van der Waals surface area contributed by atoms with Crippen molar-refractivity contribution < 1.29 is 14.6 Å². The molecule has 2 saturated heterocycles. The van der Waals surface area contributed by atoms with Gasteiger partial charge in [0.25, 0.3) is 0 Å². The highest BCUT2D eigenvalue weighted by Crippen LogP contribution is 2.55. The number of nitrogens with one attached hydrogen (secondary N) is 1. The molecule has 1 saturated carbocycles. The van der Waals surface area contributed by atoms with Gasteiger partial charge in [0.2, 0.25) is 5.91 Å². The van der Waals surface area contributed by atoms with Crippen molar-refractivity contribution in [2.45, 2.75) is 56.6 Å². The molecule has 2 aromatic heterocycles. The van der Waals surface area contributed by atoms with Gasteiger partial charge in [-0.25, -0.2) is 4.98 Å². The molecule has 8 heteroatoms. The zero-order valence-electron chi connectivity index (χ0n) is 21.9. The van der Waals surface area contributed by atoms with Crippen LogP contribution < -0.4 is 5.32 Å². The number of likely N-dealkylation sites (tertiary alicyclic amines) is 1. The maximum absolute atomic E-state index is 13.2. The van der Waals surface area contributed by atoms with E-state index in [0.717, 1.165) is 59.4 Å². The van der Waals surface area contributed by atoms with Crippen LogP contribution in [0.1, 0.15) is 56.2 Å². The van der Waals surface area contributed by atoms with Crippen LogP contribution in [0.25, 0.3) is 10.8 Å². The molecule has 7 nitrogen and oxygen atoms in total. The standard InChI is InChI=1S/C30H35ClN4O3/c1-3-21-27(24-6-4-5-9-32-24)28(21)29(37)34-26-14-19-12-22(23(31)13-20(19)15-33-26)18-7-10-35(11-8-18)30(2)17-38-16-25(30)36/h4-6,9,12-15,18,21,25,27-28,36H,3,7-8,10-11,16-17H2,1-2H3,(H,33,34,37)/t21-,25+,27-,28-,30-/m0/s1. The average Bonchev–Trinajstić information content (AvgIpc) is 3.58. The predicted molar refractivity (Wildman–Crippen MR) is 148 cm³/mol. The summed E-state index contributed by atoms with van der Waals surface area (Å²) >= 11 is 6.75. The molecule has 0 radical (unpaired) electrons. The second kappa shape index (κ2) is 10.2. The van der Waals surface area contributed by atoms with Crippen molar-refractivity contribution in [2.75, 3.05) is 31.6 Å². The van der Waals surface area contributed by atoms with Crippen LogP contribution in [0.4, 0.5) is 5.82 Å². The highest BCUT2D eigenvalue weighted by atomic mass is 35.5. The second-order valence-electron chi connectivity index (χ2n) is 11.3. The number of hydrogen-bond acceptors (Lipinski definition) is 6. The Kier molecular flexibility index (Phi) is 6.89. The number of aliphatic hydroxyl groups is 1. The van der Waals surface area contributed by atoms with Crippen molar-refractivity contribution >= 4 is 34.1 Å². The number of ether oxygens (including phenoxy) is 1. The second-order valence-corrected chi connectivity index (χ2v) is 11.7. The van der Waals surface area contributed by atoms with Gasteiger partial charge in [-0.1, -0.05) is 31.0 Å². The minimum atomic E-state index is -0.452. The Balaban J connectivity index is 1.16. The Morgan fingerprint density at radius 2 is 2.03 bits per heavy atom. The molecule has 3 aliphatic rings. The molecule has 1 aromatic carbocycles. The molecule has 3 aromatic rings. The molecule has 0 unspecified atom stereocenters. The van der Waals surface area contributed by atoms with Crippen LogP contribution >= 0.6 is 11.6 Å². The minimum absolute atomic E-state index is 0.00693. The van der Waals surface area contributed by atoms with E-state index in [4.69, 9.17) is 16.3 Å². The zero-order chi connectivity index (χ0) is 26.4. The summed E-state index contributed by atoms with van der Waals surface area (Å²) in [5.41, 5.74) is 1.81. The van der Waals surface area contributed by atoms with Crippen LogP contribution in [-0.2, 0) is 9.53 Å². The van der Waals surface area contributed by atoms with Gasteiger partial charge < -0.3 is 15.2 Å². The molecule has 2 N–H and O–H groups in total. The SMILES string of the molecule is CC[C@@H]1[C@H](C(=O)Nc2cc3cc(C4CCN([C@@]5(C)COC[C@H]5O)CC4)c(Cl)cc3cn2)[C@@H]1c1ccccn1. The first-order valence-electron chi connectivity index (χ1n) is 13.7. The van der Waals surface area contributed by atoms with E-state index in [1.54, 1.807) is 12.4 Å². The smallest absolute Gasteiger partial charge is 0.229 e. The Bertz CT molecular complexity index is 1330. The van der Waals surface area contributed by atoms with Crippen molar-refractivity contribution in [1.82, 2.24) is 14.9 Å². The van der Waals surface area contributed by atoms with Gasteiger partial charge in [0.05, 0.1) is 30.8 Å². The van der Waals surface area contributed by atoms with E-state index in [-0.39, 0.29) is 23.3 Å². The average molecular weight is 535 g/mol. The molecule has 6 rings (SSSR count). The lowest BCUT2D eigenvalue weighted by Gasteiger charge is -2.43. The fourth-order valence-electron chi connectivity index (χ4n) is 6.65. The Morgan fingerprint density at radius 3 is 2.71 bits per heavy atom. The van der Waals surface area contributed by atoms with Gasteiger partial charge >= 0.3 is 0 Å². The summed E-state index contributed by atoms with van der Waals surface area (Å²) in [7, 11) is 0. The molecular formula is C30H35ClN4O3. The molecule has 38 heavy (non-hydrogen) atoms. The molecule has 0 bridgehead atoms. The summed E-state index contributed by atoms with van der Waals surface area (Å²) in [6, 6.07) is 12.0. The molecule has 5 atom stereocenters. The Morgan fingerprint density at radius 1 is 1.21 bits per heavy atom. The van der Waals surface area contributed by atoms with E-state index in [2.05, 4.69) is 40.1 Å². The highest BCUT2D eigenvalue weighted by Gasteiger charge is 2.55. The number of anilines is 1. The Hall–Kier alpha value is -2.58. The molecular weight excluding hydrogens is 500 g/mol. The first-order valence-corrected chi connectivity index (χ1v) is 14.1. The van der Waals surface area contributed by atoms with Crippen LogP contribution in [-0.4, -0.2) is 63.8 Å². The monoisotopic (exact) mass is 534 g/mol. The minimum Gasteiger partial charge on any atom is -0.389 e. The number of amides is 1. The molecule has 2 aliphatic heterocycles. The Labute approximate surface area is 228 Å². The van der Waals surface area contributed by atoms with Crippen LogP contribution in [0, 0.1) is 11.8 Å². The predicted octanol–water partition coefficient (Wildman–Crippen LogP) is 4.99. The van der Waals surface area contributed by atoms with Gasteiger partial charge in [-0.05, 0) is 86.0 Å². The zero-order valence-corrected chi connectivity index (χ0v) is 22.7. The molecule has 1 aliphatic carbocycles. The number of piperidine rings is 1. The van der Waals surface area contributed by atoms with E-state index in [0.29, 0.717) is 30.9 Å². The first-order chi connectivity index (χ1) is 18.4. The maximum atomic E-state index is 13.2. The summed E-state index contributed by atoms with van der Waals surface area (Å²) in [6.07, 6.45) is 6.00. The molecule has 3 fully saturated rings. The number of fused-ring (bicyclic) bond motifs is 1. The number of rotatable bonds is 6. The van der Waals surface area contributed by atoms with E-state index in [1.807, 2.05) is 30.3 Å². The summed E-state index contributed by atoms with van der Waals surface area (Å²) in [5.74, 6) is 1.30. The fourth-order valence-corrected chi connectivity index (χ4v) is 6.97. The number of carbonyl (C=O) groups excluding carboxylic acids is 1. The number of hydrogen-bond donors (Lipinski definition) is 2. The summed E-state index contributed by atoms with van der Waals surface area (Å²) in [5, 5.41) is 16.2. The van der Waals surface area contributed by atoms with Crippen LogP contribution in [0.3, 0.4) is 0 Å². The largest absolute Gasteiger partial charge is 0.389 e. The van der Waals surface area contributed by atoms with Crippen molar-refractivity contribution in [3.05, 3.63) is 65.1 Å². The van der Waals surface area contributed by atoms with Crippen molar-refractivity contribution in [3.8, 4) is 0 Å². The van der Waals surface area contributed by atoms with Gasteiger partial charge in [-0.15, -0.1) is 0 Å². The number of halogens is 1. The van der Waals surface area contributed by atoms with Crippen molar-refractivity contribution in [1.29, 1.82) is 0 Å². The molecule has 1 amide bonds. The third kappa shape index (κ3) is 4.60. The van der Waals surface area contributed by atoms with Gasteiger partial charge in [-0.2, -0.15) is 0 Å². The number of carbonyl (C=O) groups is 1. The van der Waals surface area contributed by atoms with Crippen LogP contribution in [0.5, 0.6) is 0 Å². The normalized spacial score (nSPS) is 30.0. The van der Waals surface area contributed by atoms with Crippen LogP contribution in [0.15, 0.2) is 48.8 Å². The summed E-state index contributed by atoms with van der Waals surface area (Å²) < 4.78 is 5.55. The van der Waals surface area contributed by atoms with Gasteiger partial charge in [0, 0.05) is 34.4 Å². The van der Waals surface area contributed by atoms with Crippen molar-refractivity contribution in [3.63, 3.8) is 0 Å². The van der Waals surface area contributed by atoms with E-state index < -0.39 is 6.10 Å². The third-order valence-electron chi connectivity index (χ3n) is 9.11. The molecule has 4 heterocycles. The van der Waals surface area contributed by atoms with E-state index >= 15 is 0 Å². The number of aromatic nitrogens is 2. The van der Waals surface area contributed by atoms with Crippen molar-refractivity contribution in [2.24, 2.45) is 11.8 Å². The van der Waals surface area contributed by atoms with E-state index in [1.165, 1.54) is 0 Å². The summed E-state index contributed by atoms with van der Waals surface area (Å²) in [4.78, 5) is 24.6. The quantitative estimate of drug-likeness (QED) is 0.463.